The molecule has 3 rings (SSSR count). The molecule has 0 aliphatic carbocycles. The zero-order chi connectivity index (χ0) is 18.0. The first-order valence-corrected chi connectivity index (χ1v) is 9.95. The van der Waals surface area contributed by atoms with Gasteiger partial charge in [0.05, 0.1) is 18.1 Å². The maximum atomic E-state index is 11.4. The van der Waals surface area contributed by atoms with E-state index in [1.807, 2.05) is 23.1 Å². The number of H-pyrrole nitrogens is 1. The molecule has 1 atom stereocenters. The molecule has 0 aromatic carbocycles. The second kappa shape index (κ2) is 6.93. The van der Waals surface area contributed by atoms with Crippen molar-refractivity contribution in [2.24, 2.45) is 0 Å². The fraction of sp³-hybridized carbons (Fsp3) is 0.438. The van der Waals surface area contributed by atoms with Gasteiger partial charge in [-0.05, 0) is 25.8 Å². The molecule has 0 amide bonds. The SMILES string of the molecule is CC(CCCN(C)S(C)(=O)=O)n1cc(-c2ncnc3[nH]ccc23)cn1. The summed E-state index contributed by atoms with van der Waals surface area (Å²) in [5.74, 6) is 0. The molecule has 0 radical (unpaired) electrons. The first-order chi connectivity index (χ1) is 11.9. The molecule has 8 nitrogen and oxygen atoms in total. The summed E-state index contributed by atoms with van der Waals surface area (Å²) in [6.45, 7) is 2.58. The fourth-order valence-corrected chi connectivity index (χ4v) is 3.17. The third-order valence-electron chi connectivity index (χ3n) is 4.34. The van der Waals surface area contributed by atoms with Crippen LogP contribution in [0.3, 0.4) is 0 Å². The van der Waals surface area contributed by atoms with E-state index < -0.39 is 10.0 Å². The summed E-state index contributed by atoms with van der Waals surface area (Å²) < 4.78 is 26.1. The second-order valence-corrected chi connectivity index (χ2v) is 8.34. The molecule has 1 N–H and O–H groups in total. The van der Waals surface area contributed by atoms with Gasteiger partial charge in [-0.1, -0.05) is 0 Å². The highest BCUT2D eigenvalue weighted by Crippen LogP contribution is 2.25. The molecular formula is C16H22N6O2S. The minimum atomic E-state index is -3.12. The Hall–Kier alpha value is -2.26. The highest BCUT2D eigenvalue weighted by Gasteiger charge is 2.14. The molecule has 0 spiro atoms. The number of aromatic nitrogens is 5. The fourth-order valence-electron chi connectivity index (χ4n) is 2.71. The maximum Gasteiger partial charge on any atom is 0.210 e. The molecule has 3 aromatic heterocycles. The summed E-state index contributed by atoms with van der Waals surface area (Å²) in [6, 6.07) is 2.12. The van der Waals surface area contributed by atoms with Crippen molar-refractivity contribution in [2.45, 2.75) is 25.8 Å². The molecular weight excluding hydrogens is 340 g/mol. The van der Waals surface area contributed by atoms with Crippen LogP contribution >= 0.6 is 0 Å². The van der Waals surface area contributed by atoms with E-state index in [0.29, 0.717) is 6.54 Å². The number of nitrogens with zero attached hydrogens (tertiary/aromatic N) is 5. The van der Waals surface area contributed by atoms with E-state index in [1.54, 1.807) is 13.2 Å². The number of fused-ring (bicyclic) bond motifs is 1. The van der Waals surface area contributed by atoms with Gasteiger partial charge in [0.1, 0.15) is 12.0 Å². The lowest BCUT2D eigenvalue weighted by molar-refractivity contribution is 0.404. The molecule has 0 saturated heterocycles. The van der Waals surface area contributed by atoms with Crippen LogP contribution in [-0.4, -0.2) is 57.3 Å². The first-order valence-electron chi connectivity index (χ1n) is 8.10. The summed E-state index contributed by atoms with van der Waals surface area (Å²) in [4.78, 5) is 11.7. The molecule has 1 unspecified atom stereocenters. The maximum absolute atomic E-state index is 11.4. The van der Waals surface area contributed by atoms with Gasteiger partial charge >= 0.3 is 0 Å². The Morgan fingerprint density at radius 3 is 2.92 bits per heavy atom. The summed E-state index contributed by atoms with van der Waals surface area (Å²) in [7, 11) is -1.52. The molecule has 25 heavy (non-hydrogen) atoms. The summed E-state index contributed by atoms with van der Waals surface area (Å²) in [5.41, 5.74) is 2.59. The molecule has 3 heterocycles. The molecule has 134 valence electrons. The van der Waals surface area contributed by atoms with Crippen molar-refractivity contribution >= 4 is 21.1 Å². The van der Waals surface area contributed by atoms with Crippen molar-refractivity contribution < 1.29 is 8.42 Å². The van der Waals surface area contributed by atoms with E-state index >= 15 is 0 Å². The van der Waals surface area contributed by atoms with E-state index in [-0.39, 0.29) is 6.04 Å². The Morgan fingerprint density at radius 2 is 2.16 bits per heavy atom. The third kappa shape index (κ3) is 3.88. The monoisotopic (exact) mass is 362 g/mol. The van der Waals surface area contributed by atoms with Crippen molar-refractivity contribution in [1.82, 2.24) is 29.0 Å². The predicted molar refractivity (Wildman–Crippen MR) is 96.5 cm³/mol. The van der Waals surface area contributed by atoms with Gasteiger partial charge in [-0.3, -0.25) is 4.68 Å². The lowest BCUT2D eigenvalue weighted by Crippen LogP contribution is -2.26. The first kappa shape index (κ1) is 17.6. The van der Waals surface area contributed by atoms with E-state index in [1.165, 1.54) is 16.9 Å². The number of sulfonamides is 1. The lowest BCUT2D eigenvalue weighted by atomic mass is 10.1. The van der Waals surface area contributed by atoms with Gasteiger partial charge in [0, 0.05) is 43.0 Å². The van der Waals surface area contributed by atoms with Crippen molar-refractivity contribution in [3.8, 4) is 11.3 Å². The summed E-state index contributed by atoms with van der Waals surface area (Å²) in [6.07, 6.45) is 9.98. The average Bonchev–Trinajstić information content (AvgIpc) is 3.22. The Labute approximate surface area is 147 Å². The van der Waals surface area contributed by atoms with Crippen LogP contribution in [-0.2, 0) is 10.0 Å². The van der Waals surface area contributed by atoms with Crippen molar-refractivity contribution in [3.63, 3.8) is 0 Å². The van der Waals surface area contributed by atoms with Crippen LogP contribution in [0.25, 0.3) is 22.3 Å². The van der Waals surface area contributed by atoms with E-state index in [4.69, 9.17) is 0 Å². The van der Waals surface area contributed by atoms with Crippen LogP contribution in [0.4, 0.5) is 0 Å². The number of hydrogen-bond acceptors (Lipinski definition) is 5. The topological polar surface area (TPSA) is 96.8 Å². The van der Waals surface area contributed by atoms with Gasteiger partial charge < -0.3 is 4.98 Å². The van der Waals surface area contributed by atoms with E-state index in [0.717, 1.165) is 35.1 Å². The van der Waals surface area contributed by atoms with Crippen LogP contribution in [0.2, 0.25) is 0 Å². The molecule has 3 aromatic rings. The van der Waals surface area contributed by atoms with Crippen molar-refractivity contribution in [2.75, 3.05) is 19.8 Å². The standard InChI is InChI=1S/C16H22N6O2S/c1-12(5-4-8-21(2)25(3,23)24)22-10-13(9-20-22)15-14-6-7-17-16(14)19-11-18-15/h6-7,9-12H,4-5,8H2,1-3H3,(H,17,18,19). The van der Waals surface area contributed by atoms with Crippen LogP contribution in [0.5, 0.6) is 0 Å². The Balaban J connectivity index is 1.68. The number of aromatic amines is 1. The Kier molecular flexibility index (Phi) is 4.87. The minimum Gasteiger partial charge on any atom is -0.346 e. The predicted octanol–water partition coefficient (Wildman–Crippen LogP) is 2.05. The largest absolute Gasteiger partial charge is 0.346 e. The van der Waals surface area contributed by atoms with Crippen LogP contribution in [0.1, 0.15) is 25.8 Å². The number of nitrogens with one attached hydrogen (secondary N) is 1. The van der Waals surface area contributed by atoms with Gasteiger partial charge in [0.2, 0.25) is 10.0 Å². The summed E-state index contributed by atoms with van der Waals surface area (Å²) >= 11 is 0. The number of hydrogen-bond donors (Lipinski definition) is 1. The summed E-state index contributed by atoms with van der Waals surface area (Å²) in [5, 5.41) is 5.41. The van der Waals surface area contributed by atoms with Crippen LogP contribution < -0.4 is 0 Å². The van der Waals surface area contributed by atoms with Gasteiger partial charge in [0.25, 0.3) is 0 Å². The molecule has 9 heteroatoms. The van der Waals surface area contributed by atoms with Gasteiger partial charge in [-0.15, -0.1) is 0 Å². The Morgan fingerprint density at radius 1 is 1.36 bits per heavy atom. The van der Waals surface area contributed by atoms with E-state index in [9.17, 15) is 8.42 Å². The quantitative estimate of drug-likeness (QED) is 0.694. The highest BCUT2D eigenvalue weighted by atomic mass is 32.2. The van der Waals surface area contributed by atoms with Gasteiger partial charge in [-0.2, -0.15) is 5.10 Å². The smallest absolute Gasteiger partial charge is 0.210 e. The molecule has 0 fully saturated rings. The number of rotatable bonds is 7. The van der Waals surface area contributed by atoms with Crippen molar-refractivity contribution in [3.05, 3.63) is 31.0 Å². The molecule has 0 saturated carbocycles. The van der Waals surface area contributed by atoms with Crippen molar-refractivity contribution in [1.29, 1.82) is 0 Å². The zero-order valence-corrected chi connectivity index (χ0v) is 15.4. The van der Waals surface area contributed by atoms with Gasteiger partial charge in [-0.25, -0.2) is 22.7 Å². The zero-order valence-electron chi connectivity index (χ0n) is 14.5. The lowest BCUT2D eigenvalue weighted by Gasteiger charge is -2.16. The average molecular weight is 362 g/mol. The minimum absolute atomic E-state index is 0.172. The van der Waals surface area contributed by atoms with Gasteiger partial charge in [0.15, 0.2) is 0 Å². The Bertz CT molecular complexity index is 962. The molecule has 0 bridgehead atoms. The van der Waals surface area contributed by atoms with E-state index in [2.05, 4.69) is 27.0 Å². The van der Waals surface area contributed by atoms with Crippen LogP contribution in [0.15, 0.2) is 31.0 Å². The normalized spacial score (nSPS) is 13.6. The van der Waals surface area contributed by atoms with Crippen LogP contribution in [0, 0.1) is 0 Å². The second-order valence-electron chi connectivity index (χ2n) is 6.25. The third-order valence-corrected chi connectivity index (χ3v) is 5.66. The highest BCUT2D eigenvalue weighted by molar-refractivity contribution is 7.88. The molecule has 0 aliphatic rings. The molecule has 0 aliphatic heterocycles.